The third-order valence-corrected chi connectivity index (χ3v) is 8.71. The van der Waals surface area contributed by atoms with Crippen LogP contribution in [0.5, 0.6) is 5.75 Å². The lowest BCUT2D eigenvalue weighted by Crippen LogP contribution is -2.36. The van der Waals surface area contributed by atoms with E-state index in [9.17, 15) is 13.2 Å². The number of amides is 1. The van der Waals surface area contributed by atoms with Crippen molar-refractivity contribution in [3.8, 4) is 5.75 Å². The molecule has 198 valence electrons. The first-order chi connectivity index (χ1) is 16.7. The van der Waals surface area contributed by atoms with Crippen LogP contribution in [0.1, 0.15) is 37.0 Å². The van der Waals surface area contributed by atoms with Crippen molar-refractivity contribution in [2.45, 2.75) is 31.6 Å². The van der Waals surface area contributed by atoms with Gasteiger partial charge in [0.1, 0.15) is 5.75 Å². The number of methoxy groups -OCH3 is 1. The third kappa shape index (κ3) is 6.95. The third-order valence-electron chi connectivity index (χ3n) is 5.68. The molecule has 0 saturated heterocycles. The minimum atomic E-state index is -3.60. The van der Waals surface area contributed by atoms with E-state index < -0.39 is 10.0 Å². The summed E-state index contributed by atoms with van der Waals surface area (Å²) in [5, 5.41) is 0.591. The van der Waals surface area contributed by atoms with Gasteiger partial charge >= 0.3 is 0 Å². The molecule has 0 bridgehead atoms. The van der Waals surface area contributed by atoms with Crippen LogP contribution >= 0.6 is 23.7 Å². The number of hydrogen-bond acceptors (Lipinski definition) is 7. The molecule has 11 heteroatoms. The summed E-state index contributed by atoms with van der Waals surface area (Å²) in [7, 11) is 1.91. The Labute approximate surface area is 224 Å². The van der Waals surface area contributed by atoms with E-state index in [0.717, 1.165) is 28.8 Å². The molecule has 8 nitrogen and oxygen atoms in total. The van der Waals surface area contributed by atoms with Gasteiger partial charge in [0.15, 0.2) is 5.13 Å². The van der Waals surface area contributed by atoms with Crippen LogP contribution in [-0.2, 0) is 10.0 Å². The lowest BCUT2D eigenvalue weighted by Gasteiger charge is -2.23. The summed E-state index contributed by atoms with van der Waals surface area (Å²) >= 11 is 1.42. The number of likely N-dealkylation sites (N-methyl/N-ethyl adjacent to an activating group) is 1. The number of benzene rings is 2. The van der Waals surface area contributed by atoms with Gasteiger partial charge in [0.25, 0.3) is 5.91 Å². The van der Waals surface area contributed by atoms with Gasteiger partial charge in [0, 0.05) is 31.7 Å². The number of sulfonamides is 1. The highest BCUT2D eigenvalue weighted by atomic mass is 35.5. The molecule has 0 aliphatic carbocycles. The van der Waals surface area contributed by atoms with Crippen molar-refractivity contribution in [3.05, 3.63) is 48.0 Å². The lowest BCUT2D eigenvalue weighted by molar-refractivity contribution is 0.0985. The van der Waals surface area contributed by atoms with Crippen LogP contribution in [0.25, 0.3) is 10.2 Å². The zero-order valence-corrected chi connectivity index (χ0v) is 23.9. The number of thiazole rings is 1. The Morgan fingerprint density at radius 1 is 1.03 bits per heavy atom. The van der Waals surface area contributed by atoms with Gasteiger partial charge in [-0.25, -0.2) is 13.4 Å². The van der Waals surface area contributed by atoms with Gasteiger partial charge in [0.2, 0.25) is 10.0 Å². The molecule has 1 amide bonds. The zero-order chi connectivity index (χ0) is 25.6. The summed E-state index contributed by atoms with van der Waals surface area (Å²) in [6.45, 7) is 5.86. The molecule has 1 aromatic heterocycles. The summed E-state index contributed by atoms with van der Waals surface area (Å²) in [4.78, 5) is 22.1. The Morgan fingerprint density at radius 2 is 1.72 bits per heavy atom. The van der Waals surface area contributed by atoms with Crippen LogP contribution < -0.4 is 9.64 Å². The second-order valence-electron chi connectivity index (χ2n) is 8.46. The highest BCUT2D eigenvalue weighted by Gasteiger charge is 2.25. The standard InChI is InChI=1S/C25H34N4O4S2.ClH/c1-6-8-15-28(7-2)35(31,32)21-12-9-19(10-13-21)24(30)29(17-16-27(3)4)25-26-22-14-11-20(33-5)18-23(22)34-25;/h9-14,18H,6-8,15-17H2,1-5H3;1H. The highest BCUT2D eigenvalue weighted by Crippen LogP contribution is 2.32. The predicted molar refractivity (Wildman–Crippen MR) is 149 cm³/mol. The quantitative estimate of drug-likeness (QED) is 0.321. The predicted octanol–water partition coefficient (Wildman–Crippen LogP) is 4.75. The van der Waals surface area contributed by atoms with E-state index in [1.807, 2.05) is 51.0 Å². The van der Waals surface area contributed by atoms with E-state index >= 15 is 0 Å². The normalized spacial score (nSPS) is 11.6. The van der Waals surface area contributed by atoms with E-state index in [-0.39, 0.29) is 23.2 Å². The molecule has 0 saturated carbocycles. The number of carbonyl (C=O) groups is 1. The summed E-state index contributed by atoms with van der Waals surface area (Å²) < 4.78 is 33.8. The van der Waals surface area contributed by atoms with Crippen molar-refractivity contribution in [1.29, 1.82) is 0 Å². The SMILES string of the molecule is CCCCN(CC)S(=O)(=O)c1ccc(C(=O)N(CCN(C)C)c2nc3ccc(OC)cc3s2)cc1.Cl. The Bertz CT molecular complexity index is 1250. The molecule has 0 radical (unpaired) electrons. The lowest BCUT2D eigenvalue weighted by atomic mass is 10.2. The van der Waals surface area contributed by atoms with Gasteiger partial charge in [-0.1, -0.05) is 31.6 Å². The molecule has 0 spiro atoms. The molecule has 1 heterocycles. The Balaban J connectivity index is 0.00000456. The molecule has 3 aromatic rings. The summed E-state index contributed by atoms with van der Waals surface area (Å²) in [6, 6.07) is 11.8. The van der Waals surface area contributed by atoms with Gasteiger partial charge in [-0.15, -0.1) is 12.4 Å². The van der Waals surface area contributed by atoms with Crippen LogP contribution in [0, 0.1) is 0 Å². The molecule has 0 atom stereocenters. The molecule has 2 aromatic carbocycles. The van der Waals surface area contributed by atoms with E-state index in [1.165, 1.54) is 27.8 Å². The number of carbonyl (C=O) groups excluding carboxylic acids is 1. The van der Waals surface area contributed by atoms with Crippen molar-refractivity contribution in [2.75, 3.05) is 52.3 Å². The first-order valence-electron chi connectivity index (χ1n) is 11.7. The second kappa shape index (κ2) is 13.3. The van der Waals surface area contributed by atoms with Gasteiger partial charge in [-0.05, 0) is 63.0 Å². The maximum atomic E-state index is 13.5. The highest BCUT2D eigenvalue weighted by molar-refractivity contribution is 7.89. The van der Waals surface area contributed by atoms with E-state index in [1.54, 1.807) is 24.1 Å². The zero-order valence-electron chi connectivity index (χ0n) is 21.4. The number of anilines is 1. The smallest absolute Gasteiger partial charge is 0.260 e. The van der Waals surface area contributed by atoms with Crippen molar-refractivity contribution < 1.29 is 17.9 Å². The molecule has 0 aliphatic heterocycles. The van der Waals surface area contributed by atoms with Crippen molar-refractivity contribution in [2.24, 2.45) is 0 Å². The van der Waals surface area contributed by atoms with E-state index in [2.05, 4.69) is 4.98 Å². The summed E-state index contributed by atoms with van der Waals surface area (Å²) in [5.41, 5.74) is 1.21. The minimum Gasteiger partial charge on any atom is -0.497 e. The Morgan fingerprint density at radius 3 is 2.31 bits per heavy atom. The van der Waals surface area contributed by atoms with Gasteiger partial charge in [0.05, 0.1) is 22.2 Å². The van der Waals surface area contributed by atoms with Crippen molar-refractivity contribution in [3.63, 3.8) is 0 Å². The monoisotopic (exact) mass is 554 g/mol. The first kappa shape index (κ1) is 30.0. The maximum Gasteiger partial charge on any atom is 0.260 e. The fraction of sp³-hybridized carbons (Fsp3) is 0.440. The summed E-state index contributed by atoms with van der Waals surface area (Å²) in [5.74, 6) is 0.510. The van der Waals surface area contributed by atoms with E-state index in [0.29, 0.717) is 36.9 Å². The molecule has 0 aliphatic rings. The Hall–Kier alpha value is -2.24. The molecule has 3 rings (SSSR count). The number of nitrogens with zero attached hydrogens (tertiary/aromatic N) is 4. The van der Waals surface area contributed by atoms with Crippen LogP contribution in [-0.4, -0.2) is 75.9 Å². The molecular weight excluding hydrogens is 520 g/mol. The topological polar surface area (TPSA) is 83.1 Å². The average Bonchev–Trinajstić information content (AvgIpc) is 3.27. The van der Waals surface area contributed by atoms with Crippen LogP contribution in [0.15, 0.2) is 47.4 Å². The molecular formula is C25H35ClN4O4S2. The fourth-order valence-electron chi connectivity index (χ4n) is 3.58. The van der Waals surface area contributed by atoms with Gasteiger partial charge < -0.3 is 9.64 Å². The molecule has 0 unspecified atom stereocenters. The van der Waals surface area contributed by atoms with Crippen molar-refractivity contribution in [1.82, 2.24) is 14.2 Å². The maximum absolute atomic E-state index is 13.5. The van der Waals surface area contributed by atoms with Crippen LogP contribution in [0.3, 0.4) is 0 Å². The van der Waals surface area contributed by atoms with Crippen LogP contribution in [0.4, 0.5) is 5.13 Å². The minimum absolute atomic E-state index is 0. The summed E-state index contributed by atoms with van der Waals surface area (Å²) in [6.07, 6.45) is 1.72. The van der Waals surface area contributed by atoms with Gasteiger partial charge in [-0.3, -0.25) is 9.69 Å². The number of ether oxygens (including phenoxy) is 1. The second-order valence-corrected chi connectivity index (χ2v) is 11.4. The number of hydrogen-bond donors (Lipinski definition) is 0. The van der Waals surface area contributed by atoms with Gasteiger partial charge in [-0.2, -0.15) is 4.31 Å². The molecule has 36 heavy (non-hydrogen) atoms. The number of rotatable bonds is 12. The van der Waals surface area contributed by atoms with Crippen molar-refractivity contribution >= 4 is 55.0 Å². The Kier molecular flexibility index (Phi) is 11.1. The fourth-order valence-corrected chi connectivity index (χ4v) is 6.08. The number of unbranched alkanes of at least 4 members (excludes halogenated alkanes) is 1. The first-order valence-corrected chi connectivity index (χ1v) is 14.0. The molecule has 0 N–H and O–H groups in total. The number of halogens is 1. The van der Waals surface area contributed by atoms with Crippen LogP contribution in [0.2, 0.25) is 0 Å². The number of aromatic nitrogens is 1. The van der Waals surface area contributed by atoms with E-state index in [4.69, 9.17) is 4.74 Å². The number of fused-ring (bicyclic) bond motifs is 1. The average molecular weight is 555 g/mol. The molecule has 0 fully saturated rings. The largest absolute Gasteiger partial charge is 0.497 e.